The number of fused-ring (bicyclic) bond motifs is 1. The second kappa shape index (κ2) is 5.73. The van der Waals surface area contributed by atoms with Crippen molar-refractivity contribution in [1.29, 1.82) is 0 Å². The van der Waals surface area contributed by atoms with Gasteiger partial charge < -0.3 is 0 Å². The molecule has 0 saturated heterocycles. The summed E-state index contributed by atoms with van der Waals surface area (Å²) in [6.07, 6.45) is 0. The molecule has 3 aromatic rings. The number of hydrogen-bond donors (Lipinski definition) is 1. The van der Waals surface area contributed by atoms with Gasteiger partial charge in [-0.25, -0.2) is 4.98 Å². The van der Waals surface area contributed by atoms with Gasteiger partial charge in [-0.2, -0.15) is 0 Å². The number of anilines is 1. The van der Waals surface area contributed by atoms with Crippen molar-refractivity contribution in [2.24, 2.45) is 0 Å². The highest BCUT2D eigenvalue weighted by Crippen LogP contribution is 2.28. The largest absolute Gasteiger partial charge is 0.298 e. The summed E-state index contributed by atoms with van der Waals surface area (Å²) in [4.78, 5) is 16.9. The molecule has 0 fully saturated rings. The first-order chi connectivity index (χ1) is 10.1. The third kappa shape index (κ3) is 2.80. The molecule has 0 unspecified atom stereocenters. The molecular weight excluding hydrogens is 395 g/mol. The van der Waals surface area contributed by atoms with Crippen LogP contribution in [0.4, 0.5) is 5.13 Å². The van der Waals surface area contributed by atoms with Crippen molar-refractivity contribution in [1.82, 2.24) is 4.98 Å². The molecule has 0 atom stereocenters. The van der Waals surface area contributed by atoms with Crippen LogP contribution in [0.5, 0.6) is 0 Å². The molecule has 1 heterocycles. The Hall–Kier alpha value is -1.47. The lowest BCUT2D eigenvalue weighted by molar-refractivity contribution is 0.102. The SMILES string of the molecule is Cc1cccc(C(=O)Nc2nc3c(C)cccc3s2)c1I. The number of aryl methyl sites for hydroxylation is 2. The first-order valence-corrected chi connectivity index (χ1v) is 8.38. The van der Waals surface area contributed by atoms with Crippen LogP contribution in [0.25, 0.3) is 10.2 Å². The van der Waals surface area contributed by atoms with E-state index >= 15 is 0 Å². The summed E-state index contributed by atoms with van der Waals surface area (Å²) in [5, 5.41) is 3.55. The van der Waals surface area contributed by atoms with E-state index in [-0.39, 0.29) is 5.91 Å². The summed E-state index contributed by atoms with van der Waals surface area (Å²) in [5.41, 5.74) is 3.86. The van der Waals surface area contributed by atoms with Crippen LogP contribution in [0.2, 0.25) is 0 Å². The molecule has 1 N–H and O–H groups in total. The van der Waals surface area contributed by atoms with Crippen molar-refractivity contribution >= 4 is 55.2 Å². The predicted molar refractivity (Wildman–Crippen MR) is 96.2 cm³/mol. The molecule has 0 radical (unpaired) electrons. The maximum atomic E-state index is 12.4. The molecule has 21 heavy (non-hydrogen) atoms. The van der Waals surface area contributed by atoms with Crippen LogP contribution in [0.3, 0.4) is 0 Å². The van der Waals surface area contributed by atoms with Gasteiger partial charge in [0.05, 0.1) is 15.8 Å². The minimum atomic E-state index is -0.111. The van der Waals surface area contributed by atoms with Crippen LogP contribution in [-0.2, 0) is 0 Å². The number of aromatic nitrogens is 1. The van der Waals surface area contributed by atoms with Crippen LogP contribution in [-0.4, -0.2) is 10.9 Å². The summed E-state index contributed by atoms with van der Waals surface area (Å²) in [6, 6.07) is 11.8. The molecule has 0 spiro atoms. The number of para-hydroxylation sites is 1. The standard InChI is InChI=1S/C16H13IN2OS/c1-9-5-3-7-11(13(9)17)15(20)19-16-18-14-10(2)6-4-8-12(14)21-16/h3-8H,1-2H3,(H,18,19,20). The van der Waals surface area contributed by atoms with Gasteiger partial charge in [-0.3, -0.25) is 10.1 Å². The first kappa shape index (κ1) is 14.5. The molecule has 5 heteroatoms. The smallest absolute Gasteiger partial charge is 0.258 e. The fourth-order valence-corrected chi connectivity index (χ4v) is 3.67. The topological polar surface area (TPSA) is 42.0 Å². The van der Waals surface area contributed by atoms with Gasteiger partial charge >= 0.3 is 0 Å². The third-order valence-corrected chi connectivity index (χ3v) is 5.65. The summed E-state index contributed by atoms with van der Waals surface area (Å²) >= 11 is 3.70. The minimum absolute atomic E-state index is 0.111. The Morgan fingerprint density at radius 3 is 2.62 bits per heavy atom. The summed E-state index contributed by atoms with van der Waals surface area (Å²) < 4.78 is 2.06. The average molecular weight is 408 g/mol. The molecule has 0 bridgehead atoms. The highest BCUT2D eigenvalue weighted by Gasteiger charge is 2.14. The van der Waals surface area contributed by atoms with Gasteiger partial charge in [-0.15, -0.1) is 0 Å². The molecular formula is C16H13IN2OS. The maximum absolute atomic E-state index is 12.4. The van der Waals surface area contributed by atoms with Gasteiger partial charge in [0.2, 0.25) is 0 Å². The van der Waals surface area contributed by atoms with Gasteiger partial charge in [0.25, 0.3) is 5.91 Å². The lowest BCUT2D eigenvalue weighted by Gasteiger charge is -2.06. The van der Waals surface area contributed by atoms with Crippen LogP contribution in [0.1, 0.15) is 21.5 Å². The zero-order valence-corrected chi connectivity index (χ0v) is 14.6. The Morgan fingerprint density at radius 2 is 1.86 bits per heavy atom. The summed E-state index contributed by atoms with van der Waals surface area (Å²) in [7, 11) is 0. The molecule has 3 nitrogen and oxygen atoms in total. The third-order valence-electron chi connectivity index (χ3n) is 3.28. The van der Waals surface area contributed by atoms with Gasteiger partial charge in [-0.1, -0.05) is 35.6 Å². The van der Waals surface area contributed by atoms with E-state index in [2.05, 4.69) is 32.9 Å². The van der Waals surface area contributed by atoms with E-state index in [0.29, 0.717) is 10.7 Å². The second-order valence-electron chi connectivity index (χ2n) is 4.83. The number of benzene rings is 2. The molecule has 0 aliphatic carbocycles. The van der Waals surface area contributed by atoms with Crippen molar-refractivity contribution in [3.05, 3.63) is 56.7 Å². The van der Waals surface area contributed by atoms with E-state index < -0.39 is 0 Å². The molecule has 0 aliphatic heterocycles. The van der Waals surface area contributed by atoms with Crippen molar-refractivity contribution < 1.29 is 4.79 Å². The quantitative estimate of drug-likeness (QED) is 0.621. The van der Waals surface area contributed by atoms with E-state index in [1.54, 1.807) is 0 Å². The fourth-order valence-electron chi connectivity index (χ4n) is 2.13. The molecule has 1 amide bonds. The van der Waals surface area contributed by atoms with E-state index in [4.69, 9.17) is 0 Å². The lowest BCUT2D eigenvalue weighted by Crippen LogP contribution is -2.13. The predicted octanol–water partition coefficient (Wildman–Crippen LogP) is 4.77. The number of rotatable bonds is 2. The van der Waals surface area contributed by atoms with E-state index in [1.165, 1.54) is 11.3 Å². The van der Waals surface area contributed by atoms with Crippen LogP contribution in [0, 0.1) is 17.4 Å². The number of nitrogens with zero attached hydrogens (tertiary/aromatic N) is 1. The molecule has 1 aromatic heterocycles. The number of carbonyl (C=O) groups is 1. The van der Waals surface area contributed by atoms with Gasteiger partial charge in [0, 0.05) is 3.57 Å². The normalized spacial score (nSPS) is 10.8. The number of carbonyl (C=O) groups excluding carboxylic acids is 1. The van der Waals surface area contributed by atoms with E-state index in [1.807, 2.05) is 50.2 Å². The Morgan fingerprint density at radius 1 is 1.14 bits per heavy atom. The summed E-state index contributed by atoms with van der Waals surface area (Å²) in [5.74, 6) is -0.111. The maximum Gasteiger partial charge on any atom is 0.258 e. The van der Waals surface area contributed by atoms with Gasteiger partial charge in [-0.05, 0) is 59.7 Å². The molecule has 106 valence electrons. The fraction of sp³-hybridized carbons (Fsp3) is 0.125. The second-order valence-corrected chi connectivity index (χ2v) is 6.94. The van der Waals surface area contributed by atoms with Crippen molar-refractivity contribution in [2.45, 2.75) is 13.8 Å². The van der Waals surface area contributed by atoms with Crippen molar-refractivity contribution in [3.63, 3.8) is 0 Å². The first-order valence-electron chi connectivity index (χ1n) is 6.49. The Balaban J connectivity index is 1.93. The van der Waals surface area contributed by atoms with Crippen LogP contribution < -0.4 is 5.32 Å². The van der Waals surface area contributed by atoms with E-state index in [9.17, 15) is 4.79 Å². The zero-order chi connectivity index (χ0) is 15.0. The number of thiazole rings is 1. The van der Waals surface area contributed by atoms with E-state index in [0.717, 1.165) is 24.9 Å². The zero-order valence-electron chi connectivity index (χ0n) is 11.6. The number of nitrogens with one attached hydrogen (secondary N) is 1. The molecule has 0 saturated carbocycles. The lowest BCUT2D eigenvalue weighted by atomic mass is 10.1. The Kier molecular flexibility index (Phi) is 3.95. The summed E-state index contributed by atoms with van der Waals surface area (Å²) in [6.45, 7) is 4.02. The highest BCUT2D eigenvalue weighted by atomic mass is 127. The van der Waals surface area contributed by atoms with Crippen molar-refractivity contribution in [3.8, 4) is 0 Å². The van der Waals surface area contributed by atoms with Gasteiger partial charge in [0.15, 0.2) is 5.13 Å². The minimum Gasteiger partial charge on any atom is -0.298 e. The molecule has 2 aromatic carbocycles. The molecule has 0 aliphatic rings. The monoisotopic (exact) mass is 408 g/mol. The number of hydrogen-bond acceptors (Lipinski definition) is 3. The average Bonchev–Trinajstić information content (AvgIpc) is 2.85. The Labute approximate surface area is 140 Å². The van der Waals surface area contributed by atoms with Crippen LogP contribution >= 0.6 is 33.9 Å². The number of halogens is 1. The van der Waals surface area contributed by atoms with Gasteiger partial charge in [0.1, 0.15) is 0 Å². The van der Waals surface area contributed by atoms with Crippen molar-refractivity contribution in [2.75, 3.05) is 5.32 Å². The molecule has 3 rings (SSSR count). The Bertz CT molecular complexity index is 841. The highest BCUT2D eigenvalue weighted by molar-refractivity contribution is 14.1. The van der Waals surface area contributed by atoms with Crippen LogP contribution in [0.15, 0.2) is 36.4 Å². The number of amides is 1.